The Balaban J connectivity index is 2.25. The Morgan fingerprint density at radius 1 is 1.46 bits per heavy atom. The molecule has 1 heterocycles. The fourth-order valence-corrected chi connectivity index (χ4v) is 3.11. The average molecular weight is 335 g/mol. The SMILES string of the molecule is CCC1CCC(NC(=O)c2cc([N+](=O)[O-])cnc2C)(C(=O)O)CC1. The molecule has 8 nitrogen and oxygen atoms in total. The fraction of sp³-hybridized carbons (Fsp3) is 0.562. The standard InChI is InChI=1S/C16H21N3O5/c1-3-11-4-6-16(7-5-11,15(21)22)18-14(20)13-8-12(19(23)24)9-17-10(13)2/h8-9,11H,3-7H2,1-2H3,(H,18,20)(H,21,22). The van der Waals surface area contributed by atoms with Gasteiger partial charge in [-0.2, -0.15) is 0 Å². The summed E-state index contributed by atoms with van der Waals surface area (Å²) in [5.41, 5.74) is -1.27. The van der Waals surface area contributed by atoms with Gasteiger partial charge in [0.2, 0.25) is 0 Å². The number of aromatic nitrogens is 1. The molecule has 0 saturated heterocycles. The van der Waals surface area contributed by atoms with Crippen molar-refractivity contribution in [3.05, 3.63) is 33.6 Å². The van der Waals surface area contributed by atoms with E-state index < -0.39 is 22.3 Å². The topological polar surface area (TPSA) is 122 Å². The number of nitrogens with one attached hydrogen (secondary N) is 1. The number of pyridine rings is 1. The monoisotopic (exact) mass is 335 g/mol. The molecule has 1 amide bonds. The molecule has 1 saturated carbocycles. The maximum Gasteiger partial charge on any atom is 0.329 e. The molecule has 2 N–H and O–H groups in total. The van der Waals surface area contributed by atoms with Gasteiger partial charge in [-0.05, 0) is 38.5 Å². The van der Waals surface area contributed by atoms with Crippen LogP contribution in [0.25, 0.3) is 0 Å². The summed E-state index contributed by atoms with van der Waals surface area (Å²) in [6.45, 7) is 3.62. The van der Waals surface area contributed by atoms with E-state index >= 15 is 0 Å². The minimum absolute atomic E-state index is 0.0300. The summed E-state index contributed by atoms with van der Waals surface area (Å²) in [5.74, 6) is -1.24. The molecule has 130 valence electrons. The first-order valence-electron chi connectivity index (χ1n) is 7.96. The van der Waals surface area contributed by atoms with Crippen LogP contribution < -0.4 is 5.32 Å². The first-order chi connectivity index (χ1) is 11.3. The molecule has 1 aromatic heterocycles. The summed E-state index contributed by atoms with van der Waals surface area (Å²) in [7, 11) is 0. The Labute approximate surface area is 139 Å². The molecule has 0 bridgehead atoms. The highest BCUT2D eigenvalue weighted by Gasteiger charge is 2.43. The van der Waals surface area contributed by atoms with Crippen molar-refractivity contribution >= 4 is 17.6 Å². The van der Waals surface area contributed by atoms with Crippen LogP contribution in [0.4, 0.5) is 5.69 Å². The van der Waals surface area contributed by atoms with Gasteiger partial charge < -0.3 is 10.4 Å². The maximum absolute atomic E-state index is 12.5. The number of aliphatic carboxylic acids is 1. The van der Waals surface area contributed by atoms with Crippen LogP contribution in [0.5, 0.6) is 0 Å². The predicted molar refractivity (Wildman–Crippen MR) is 85.7 cm³/mol. The van der Waals surface area contributed by atoms with Crippen molar-refractivity contribution in [3.63, 3.8) is 0 Å². The van der Waals surface area contributed by atoms with Gasteiger partial charge in [0.25, 0.3) is 11.6 Å². The smallest absolute Gasteiger partial charge is 0.329 e. The van der Waals surface area contributed by atoms with E-state index in [4.69, 9.17) is 0 Å². The Bertz CT molecular complexity index is 666. The van der Waals surface area contributed by atoms with Crippen molar-refractivity contribution in [2.24, 2.45) is 5.92 Å². The van der Waals surface area contributed by atoms with Crippen molar-refractivity contribution in [1.29, 1.82) is 0 Å². The van der Waals surface area contributed by atoms with E-state index in [9.17, 15) is 24.8 Å². The zero-order chi connectivity index (χ0) is 17.9. The molecule has 0 radical (unpaired) electrons. The van der Waals surface area contributed by atoms with Crippen LogP contribution in [-0.4, -0.2) is 32.4 Å². The number of nitrogens with zero attached hydrogens (tertiary/aromatic N) is 2. The third-order valence-electron chi connectivity index (χ3n) is 4.83. The number of hydrogen-bond donors (Lipinski definition) is 2. The van der Waals surface area contributed by atoms with E-state index in [1.54, 1.807) is 6.92 Å². The zero-order valence-electron chi connectivity index (χ0n) is 13.7. The molecule has 0 aromatic carbocycles. The lowest BCUT2D eigenvalue weighted by atomic mass is 9.75. The molecule has 1 fully saturated rings. The van der Waals surface area contributed by atoms with Crippen LogP contribution in [0.3, 0.4) is 0 Å². The molecule has 0 unspecified atom stereocenters. The first kappa shape index (κ1) is 17.8. The number of carboxylic acids is 1. The highest BCUT2D eigenvalue weighted by molar-refractivity contribution is 5.99. The largest absolute Gasteiger partial charge is 0.480 e. The van der Waals surface area contributed by atoms with Gasteiger partial charge in [-0.3, -0.25) is 19.9 Å². The third-order valence-corrected chi connectivity index (χ3v) is 4.83. The summed E-state index contributed by atoms with van der Waals surface area (Å²) in [6, 6.07) is 1.13. The molecule has 8 heteroatoms. The average Bonchev–Trinajstić information content (AvgIpc) is 2.55. The van der Waals surface area contributed by atoms with Gasteiger partial charge >= 0.3 is 5.97 Å². The van der Waals surface area contributed by atoms with E-state index in [0.29, 0.717) is 24.5 Å². The summed E-state index contributed by atoms with van der Waals surface area (Å²) in [5, 5.41) is 23.1. The second-order valence-electron chi connectivity index (χ2n) is 6.28. The highest BCUT2D eigenvalue weighted by Crippen LogP contribution is 2.34. The van der Waals surface area contributed by atoms with Crippen molar-refractivity contribution in [3.8, 4) is 0 Å². The molecule has 1 aliphatic carbocycles. The van der Waals surface area contributed by atoms with Crippen LogP contribution in [0.1, 0.15) is 55.1 Å². The number of carbonyl (C=O) groups is 2. The van der Waals surface area contributed by atoms with Crippen LogP contribution >= 0.6 is 0 Å². The third kappa shape index (κ3) is 3.52. The number of rotatable bonds is 5. The van der Waals surface area contributed by atoms with Crippen molar-refractivity contribution in [2.75, 3.05) is 0 Å². The number of hydrogen-bond acceptors (Lipinski definition) is 5. The summed E-state index contributed by atoms with van der Waals surface area (Å²) < 4.78 is 0. The second-order valence-corrected chi connectivity index (χ2v) is 6.28. The summed E-state index contributed by atoms with van der Waals surface area (Å²) in [6.07, 6.45) is 4.23. The van der Waals surface area contributed by atoms with Gasteiger partial charge in [-0.15, -0.1) is 0 Å². The van der Waals surface area contributed by atoms with E-state index in [0.717, 1.165) is 31.5 Å². The lowest BCUT2D eigenvalue weighted by molar-refractivity contribution is -0.385. The van der Waals surface area contributed by atoms with Gasteiger partial charge in [0.05, 0.1) is 16.2 Å². The summed E-state index contributed by atoms with van der Waals surface area (Å²) in [4.78, 5) is 38.4. The Hall–Kier alpha value is -2.51. The quantitative estimate of drug-likeness (QED) is 0.629. The van der Waals surface area contributed by atoms with Gasteiger partial charge in [0.15, 0.2) is 0 Å². The minimum Gasteiger partial charge on any atom is -0.480 e. The first-order valence-corrected chi connectivity index (χ1v) is 7.96. The predicted octanol–water partition coefficient (Wildman–Crippen LogP) is 2.45. The Morgan fingerprint density at radius 3 is 2.58 bits per heavy atom. The molecule has 1 aliphatic rings. The van der Waals surface area contributed by atoms with Crippen LogP contribution in [-0.2, 0) is 4.79 Å². The van der Waals surface area contributed by atoms with Crippen LogP contribution in [0, 0.1) is 23.0 Å². The molecular weight excluding hydrogens is 314 g/mol. The normalized spacial score (nSPS) is 23.5. The molecule has 0 spiro atoms. The number of amides is 1. The molecule has 0 atom stereocenters. The molecule has 1 aromatic rings. The minimum atomic E-state index is -1.32. The Kier molecular flexibility index (Phi) is 5.16. The zero-order valence-corrected chi connectivity index (χ0v) is 13.7. The van der Waals surface area contributed by atoms with Crippen LogP contribution in [0.2, 0.25) is 0 Å². The van der Waals surface area contributed by atoms with Gasteiger partial charge in [0, 0.05) is 6.07 Å². The lowest BCUT2D eigenvalue weighted by Crippen LogP contribution is -2.56. The highest BCUT2D eigenvalue weighted by atomic mass is 16.6. The molecule has 24 heavy (non-hydrogen) atoms. The maximum atomic E-state index is 12.5. The van der Waals surface area contributed by atoms with Gasteiger partial charge in [-0.1, -0.05) is 13.3 Å². The number of carbonyl (C=O) groups excluding carboxylic acids is 1. The molecule has 0 aliphatic heterocycles. The van der Waals surface area contributed by atoms with Gasteiger partial charge in [0.1, 0.15) is 11.7 Å². The number of carboxylic acid groups (broad SMARTS) is 1. The van der Waals surface area contributed by atoms with E-state index in [1.807, 2.05) is 0 Å². The van der Waals surface area contributed by atoms with E-state index in [2.05, 4.69) is 17.2 Å². The number of aryl methyl sites for hydroxylation is 1. The van der Waals surface area contributed by atoms with Crippen molar-refractivity contribution in [1.82, 2.24) is 10.3 Å². The van der Waals surface area contributed by atoms with Crippen LogP contribution in [0.15, 0.2) is 12.3 Å². The number of nitro groups is 1. The van der Waals surface area contributed by atoms with Crippen molar-refractivity contribution < 1.29 is 19.6 Å². The van der Waals surface area contributed by atoms with E-state index in [1.165, 1.54) is 0 Å². The lowest BCUT2D eigenvalue weighted by Gasteiger charge is -2.37. The fourth-order valence-electron chi connectivity index (χ4n) is 3.11. The molecular formula is C16H21N3O5. The summed E-state index contributed by atoms with van der Waals surface area (Å²) >= 11 is 0. The van der Waals surface area contributed by atoms with E-state index in [-0.39, 0.29) is 11.3 Å². The second kappa shape index (κ2) is 6.94. The molecule has 2 rings (SSSR count). The Morgan fingerprint density at radius 2 is 2.08 bits per heavy atom. The van der Waals surface area contributed by atoms with Crippen molar-refractivity contribution in [2.45, 2.75) is 51.5 Å². The van der Waals surface area contributed by atoms with Gasteiger partial charge in [-0.25, -0.2) is 4.79 Å².